The van der Waals surface area contributed by atoms with Crippen LogP contribution in [0.15, 0.2) is 52.4 Å². The summed E-state index contributed by atoms with van der Waals surface area (Å²) >= 11 is 1.51. The van der Waals surface area contributed by atoms with Crippen molar-refractivity contribution in [2.75, 3.05) is 5.73 Å². The Labute approximate surface area is 97.1 Å². The third-order valence-electron chi connectivity index (χ3n) is 2.06. The minimum absolute atomic E-state index is 0.246. The van der Waals surface area contributed by atoms with Gasteiger partial charge in [-0.1, -0.05) is 12.1 Å². The first-order valence-electron chi connectivity index (χ1n) is 4.76. The van der Waals surface area contributed by atoms with Crippen LogP contribution in [0, 0.1) is 0 Å². The van der Waals surface area contributed by atoms with Crippen molar-refractivity contribution in [2.24, 2.45) is 0 Å². The number of rotatable bonds is 3. The molecule has 0 amide bonds. The molecule has 0 bridgehead atoms. The van der Waals surface area contributed by atoms with Crippen LogP contribution in [0.25, 0.3) is 0 Å². The molecular formula is C11H11N3OS. The van der Waals surface area contributed by atoms with E-state index >= 15 is 0 Å². The van der Waals surface area contributed by atoms with Crippen LogP contribution in [0.3, 0.4) is 0 Å². The van der Waals surface area contributed by atoms with Gasteiger partial charge in [0.15, 0.2) is 0 Å². The molecule has 0 radical (unpaired) electrons. The molecule has 4 nitrogen and oxygen atoms in total. The summed E-state index contributed by atoms with van der Waals surface area (Å²) in [5.74, 6) is 0.515. The van der Waals surface area contributed by atoms with Crippen LogP contribution >= 0.6 is 11.8 Å². The number of anilines is 1. The molecule has 0 aliphatic carbocycles. The number of hydrogen-bond acceptors (Lipinski definition) is 4. The van der Waals surface area contributed by atoms with E-state index in [4.69, 9.17) is 5.73 Å². The smallest absolute Gasteiger partial charge is 0.348 e. The molecule has 0 fully saturated rings. The van der Waals surface area contributed by atoms with Gasteiger partial charge in [0.25, 0.3) is 0 Å². The van der Waals surface area contributed by atoms with Crippen LogP contribution in [0.2, 0.25) is 0 Å². The SMILES string of the molecule is Nc1ccccc1SCn1cccnc1=O. The molecule has 0 aliphatic heterocycles. The first-order chi connectivity index (χ1) is 7.77. The summed E-state index contributed by atoms with van der Waals surface area (Å²) in [5.41, 5.74) is 6.28. The Morgan fingerprint density at radius 1 is 1.31 bits per heavy atom. The summed E-state index contributed by atoms with van der Waals surface area (Å²) in [5, 5.41) is 0. The van der Waals surface area contributed by atoms with Crippen molar-refractivity contribution in [1.29, 1.82) is 0 Å². The lowest BCUT2D eigenvalue weighted by molar-refractivity contribution is 0.793. The molecule has 1 aromatic heterocycles. The molecule has 1 aromatic carbocycles. The summed E-state index contributed by atoms with van der Waals surface area (Å²) in [6, 6.07) is 9.31. The summed E-state index contributed by atoms with van der Waals surface area (Å²) in [6.07, 6.45) is 3.20. The topological polar surface area (TPSA) is 60.9 Å². The molecular weight excluding hydrogens is 222 g/mol. The van der Waals surface area contributed by atoms with Crippen LogP contribution < -0.4 is 11.4 Å². The van der Waals surface area contributed by atoms with Crippen LogP contribution in [0.1, 0.15) is 0 Å². The maximum atomic E-state index is 11.3. The fourth-order valence-electron chi connectivity index (χ4n) is 1.24. The molecule has 16 heavy (non-hydrogen) atoms. The first-order valence-corrected chi connectivity index (χ1v) is 5.75. The number of nitrogens with zero attached hydrogens (tertiary/aromatic N) is 2. The highest BCUT2D eigenvalue weighted by Gasteiger charge is 2.00. The van der Waals surface area contributed by atoms with Gasteiger partial charge >= 0.3 is 5.69 Å². The van der Waals surface area contributed by atoms with E-state index < -0.39 is 0 Å². The minimum atomic E-state index is -0.246. The molecule has 0 spiro atoms. The average Bonchev–Trinajstić information content (AvgIpc) is 2.30. The van der Waals surface area contributed by atoms with Crippen molar-refractivity contribution >= 4 is 17.4 Å². The van der Waals surface area contributed by atoms with E-state index in [9.17, 15) is 4.79 Å². The Bertz CT molecular complexity index is 539. The molecule has 0 saturated carbocycles. The van der Waals surface area contributed by atoms with Crippen molar-refractivity contribution in [2.45, 2.75) is 10.8 Å². The summed E-state index contributed by atoms with van der Waals surface area (Å²) in [4.78, 5) is 16.0. The molecule has 82 valence electrons. The first kappa shape index (κ1) is 10.8. The van der Waals surface area contributed by atoms with Crippen molar-refractivity contribution in [3.05, 3.63) is 53.2 Å². The molecule has 5 heteroatoms. The third-order valence-corrected chi connectivity index (χ3v) is 3.15. The van der Waals surface area contributed by atoms with Gasteiger partial charge < -0.3 is 5.73 Å². The number of nitrogens with two attached hydrogens (primary N) is 1. The molecule has 0 atom stereocenters. The van der Waals surface area contributed by atoms with Crippen molar-refractivity contribution in [3.8, 4) is 0 Å². The predicted molar refractivity (Wildman–Crippen MR) is 65.2 cm³/mol. The van der Waals surface area contributed by atoms with E-state index in [0.29, 0.717) is 5.88 Å². The van der Waals surface area contributed by atoms with Crippen LogP contribution in [0.5, 0.6) is 0 Å². The fraction of sp³-hybridized carbons (Fsp3) is 0.0909. The fourth-order valence-corrected chi connectivity index (χ4v) is 2.12. The van der Waals surface area contributed by atoms with Gasteiger partial charge in [0, 0.05) is 23.0 Å². The molecule has 0 aliphatic rings. The highest BCUT2D eigenvalue weighted by atomic mass is 32.2. The van der Waals surface area contributed by atoms with Crippen LogP contribution in [-0.4, -0.2) is 9.55 Å². The van der Waals surface area contributed by atoms with Gasteiger partial charge in [0.05, 0.1) is 5.88 Å². The lowest BCUT2D eigenvalue weighted by atomic mass is 10.3. The zero-order valence-corrected chi connectivity index (χ0v) is 9.35. The summed E-state index contributed by atoms with van der Waals surface area (Å²) in [6.45, 7) is 0. The lowest BCUT2D eigenvalue weighted by Crippen LogP contribution is -2.20. The second kappa shape index (κ2) is 4.85. The quantitative estimate of drug-likeness (QED) is 0.646. The standard InChI is InChI=1S/C11H11N3OS/c12-9-4-1-2-5-10(9)16-8-14-7-3-6-13-11(14)15/h1-7H,8,12H2. The molecule has 1 heterocycles. The number of thioether (sulfide) groups is 1. The zero-order chi connectivity index (χ0) is 11.4. The monoisotopic (exact) mass is 233 g/mol. The van der Waals surface area contributed by atoms with Gasteiger partial charge in [-0.05, 0) is 18.2 Å². The van der Waals surface area contributed by atoms with Crippen LogP contribution in [0.4, 0.5) is 5.69 Å². The van der Waals surface area contributed by atoms with E-state index in [1.807, 2.05) is 24.3 Å². The van der Waals surface area contributed by atoms with Gasteiger partial charge in [-0.2, -0.15) is 0 Å². The van der Waals surface area contributed by atoms with Crippen LogP contribution in [-0.2, 0) is 5.88 Å². The normalized spacial score (nSPS) is 10.2. The van der Waals surface area contributed by atoms with E-state index in [2.05, 4.69) is 4.98 Å². The van der Waals surface area contributed by atoms with Gasteiger partial charge in [-0.25, -0.2) is 9.78 Å². The largest absolute Gasteiger partial charge is 0.398 e. The molecule has 0 saturated heterocycles. The maximum Gasteiger partial charge on any atom is 0.348 e. The molecule has 2 N–H and O–H groups in total. The summed E-state index contributed by atoms with van der Waals surface area (Å²) < 4.78 is 1.54. The summed E-state index contributed by atoms with van der Waals surface area (Å²) in [7, 11) is 0. The number of hydrogen-bond donors (Lipinski definition) is 1. The third kappa shape index (κ3) is 2.43. The zero-order valence-electron chi connectivity index (χ0n) is 8.54. The highest BCUT2D eigenvalue weighted by molar-refractivity contribution is 7.98. The van der Waals surface area contributed by atoms with E-state index in [1.165, 1.54) is 22.5 Å². The molecule has 2 rings (SSSR count). The number of nitrogen functional groups attached to an aromatic ring is 1. The second-order valence-electron chi connectivity index (χ2n) is 3.18. The number of benzene rings is 1. The second-order valence-corrected chi connectivity index (χ2v) is 4.17. The van der Waals surface area contributed by atoms with E-state index in [0.717, 1.165) is 10.6 Å². The average molecular weight is 233 g/mol. The minimum Gasteiger partial charge on any atom is -0.398 e. The predicted octanol–water partition coefficient (Wildman–Crippen LogP) is 1.58. The van der Waals surface area contributed by atoms with E-state index in [1.54, 1.807) is 12.3 Å². The maximum absolute atomic E-state index is 11.3. The number of para-hydroxylation sites is 1. The Hall–Kier alpha value is -1.75. The van der Waals surface area contributed by atoms with Crippen molar-refractivity contribution in [3.63, 3.8) is 0 Å². The van der Waals surface area contributed by atoms with Crippen molar-refractivity contribution < 1.29 is 0 Å². The molecule has 0 unspecified atom stereocenters. The van der Waals surface area contributed by atoms with Gasteiger partial charge in [0.1, 0.15) is 0 Å². The van der Waals surface area contributed by atoms with Gasteiger partial charge in [-0.15, -0.1) is 11.8 Å². The Morgan fingerprint density at radius 3 is 2.88 bits per heavy atom. The lowest BCUT2D eigenvalue weighted by Gasteiger charge is -2.06. The number of aromatic nitrogens is 2. The van der Waals surface area contributed by atoms with E-state index in [-0.39, 0.29) is 5.69 Å². The Kier molecular flexibility index (Phi) is 3.26. The molecule has 2 aromatic rings. The van der Waals surface area contributed by atoms with Crippen molar-refractivity contribution in [1.82, 2.24) is 9.55 Å². The Morgan fingerprint density at radius 2 is 2.12 bits per heavy atom. The van der Waals surface area contributed by atoms with Gasteiger partial charge in [0.2, 0.25) is 0 Å². The van der Waals surface area contributed by atoms with Gasteiger partial charge in [-0.3, -0.25) is 4.57 Å². The Balaban J connectivity index is 2.12. The highest BCUT2D eigenvalue weighted by Crippen LogP contribution is 2.24.